The van der Waals surface area contributed by atoms with Gasteiger partial charge in [0.15, 0.2) is 11.5 Å². The zero-order valence-corrected chi connectivity index (χ0v) is 23.4. The minimum atomic E-state index is 0.373. The van der Waals surface area contributed by atoms with Crippen LogP contribution in [0.15, 0.2) is 60.9 Å². The summed E-state index contributed by atoms with van der Waals surface area (Å²) in [4.78, 5) is 8.85. The van der Waals surface area contributed by atoms with Gasteiger partial charge in [0.25, 0.3) is 0 Å². The van der Waals surface area contributed by atoms with Gasteiger partial charge in [-0.3, -0.25) is 0 Å². The summed E-state index contributed by atoms with van der Waals surface area (Å²) in [5.41, 5.74) is 2.53. The summed E-state index contributed by atoms with van der Waals surface area (Å²) in [5, 5.41) is 4.59. The molecule has 194 valence electrons. The molecule has 4 aromatic rings. The van der Waals surface area contributed by atoms with Crippen molar-refractivity contribution in [2.24, 2.45) is 0 Å². The van der Waals surface area contributed by atoms with Crippen LogP contribution in [0.1, 0.15) is 5.56 Å². The van der Waals surface area contributed by atoms with Gasteiger partial charge in [-0.25, -0.2) is 9.97 Å². The first-order chi connectivity index (χ1) is 18.1. The van der Waals surface area contributed by atoms with Crippen LogP contribution in [0.3, 0.4) is 0 Å². The Balaban J connectivity index is 1.53. The monoisotopic (exact) mass is 631 g/mol. The molecule has 0 aliphatic heterocycles. The molecule has 4 rings (SSSR count). The van der Waals surface area contributed by atoms with Crippen molar-refractivity contribution >= 4 is 56.6 Å². The average molecular weight is 632 g/mol. The lowest BCUT2D eigenvalue weighted by molar-refractivity contribution is 0.132. The SMILES string of the molecule is COCCOc1cc2ncnc(Nc3ccc(OCc4ccc([123I])cc4)c(Cl)c3)c2cc1OCCOC. The average Bonchev–Trinajstić information content (AvgIpc) is 2.90. The predicted octanol–water partition coefficient (Wildman–Crippen LogP) is 6.26. The van der Waals surface area contributed by atoms with Crippen LogP contribution in [0, 0.1) is 3.57 Å². The highest BCUT2D eigenvalue weighted by Crippen LogP contribution is 2.36. The molecule has 0 aliphatic carbocycles. The molecule has 0 radical (unpaired) electrons. The summed E-state index contributed by atoms with van der Waals surface area (Å²) >= 11 is 8.80. The number of benzene rings is 3. The number of hydrogen-bond donors (Lipinski definition) is 1. The van der Waals surface area contributed by atoms with Crippen molar-refractivity contribution in [2.45, 2.75) is 6.61 Å². The molecule has 1 aromatic heterocycles. The molecule has 1 heterocycles. The van der Waals surface area contributed by atoms with E-state index in [-0.39, 0.29) is 0 Å². The van der Waals surface area contributed by atoms with Crippen LogP contribution in [-0.4, -0.2) is 50.6 Å². The number of hydrogen-bond acceptors (Lipinski definition) is 8. The third-order valence-corrected chi connectivity index (χ3v) is 6.31. The fraction of sp³-hybridized carbons (Fsp3) is 0.259. The summed E-state index contributed by atoms with van der Waals surface area (Å²) in [7, 11) is 3.25. The van der Waals surface area contributed by atoms with Gasteiger partial charge in [0, 0.05) is 34.9 Å². The lowest BCUT2D eigenvalue weighted by Gasteiger charge is -2.15. The van der Waals surface area contributed by atoms with Gasteiger partial charge in [-0.15, -0.1) is 0 Å². The Bertz CT molecular complexity index is 1320. The highest BCUT2D eigenvalue weighted by molar-refractivity contribution is 14.1. The third kappa shape index (κ3) is 7.57. The number of rotatable bonds is 13. The standard InChI is InChI=1S/C27H27ClIN3O5/c1-33-9-11-35-25-14-21-23(15-26(25)36-12-10-34-2)30-17-31-27(21)32-20-7-8-24(22(28)13-20)37-16-18-3-5-19(29)6-4-18/h3-8,13-15,17H,9-12,16H2,1-2H3,(H,30,31,32)/i29-4. The number of anilines is 2. The summed E-state index contributed by atoms with van der Waals surface area (Å²) < 4.78 is 29.1. The molecule has 3 aromatic carbocycles. The topological polar surface area (TPSA) is 84.0 Å². The molecule has 0 saturated heterocycles. The maximum Gasteiger partial charge on any atom is 0.163 e. The molecule has 0 spiro atoms. The lowest BCUT2D eigenvalue weighted by atomic mass is 10.2. The molecule has 1 N–H and O–H groups in total. The molecular formula is C27H27ClIN3O5. The highest BCUT2D eigenvalue weighted by atomic mass is 123. The van der Waals surface area contributed by atoms with E-state index in [0.717, 1.165) is 16.6 Å². The minimum Gasteiger partial charge on any atom is -0.487 e. The Morgan fingerprint density at radius 3 is 2.16 bits per heavy atom. The summed E-state index contributed by atoms with van der Waals surface area (Å²) in [6.07, 6.45) is 1.50. The number of methoxy groups -OCH3 is 2. The van der Waals surface area contributed by atoms with Crippen LogP contribution in [0.25, 0.3) is 10.9 Å². The predicted molar refractivity (Wildman–Crippen MR) is 153 cm³/mol. The van der Waals surface area contributed by atoms with Crippen LogP contribution >= 0.6 is 34.2 Å². The van der Waals surface area contributed by atoms with Crippen LogP contribution in [0.2, 0.25) is 5.02 Å². The van der Waals surface area contributed by atoms with Gasteiger partial charge in [-0.1, -0.05) is 23.7 Å². The normalized spacial score (nSPS) is 10.9. The third-order valence-electron chi connectivity index (χ3n) is 5.29. The van der Waals surface area contributed by atoms with Crippen molar-refractivity contribution < 1.29 is 23.7 Å². The van der Waals surface area contributed by atoms with E-state index in [1.807, 2.05) is 48.5 Å². The van der Waals surface area contributed by atoms with E-state index in [9.17, 15) is 0 Å². The van der Waals surface area contributed by atoms with Crippen LogP contribution in [0.5, 0.6) is 17.2 Å². The molecule has 0 fully saturated rings. The Kier molecular flexibility index (Phi) is 10.0. The second kappa shape index (κ2) is 13.6. The number of nitrogens with zero attached hydrogens (tertiary/aromatic N) is 2. The van der Waals surface area contributed by atoms with E-state index in [2.05, 4.69) is 37.9 Å². The van der Waals surface area contributed by atoms with Crippen molar-refractivity contribution in [3.8, 4) is 17.2 Å². The fourth-order valence-electron chi connectivity index (χ4n) is 3.43. The van der Waals surface area contributed by atoms with Crippen molar-refractivity contribution in [3.63, 3.8) is 0 Å². The van der Waals surface area contributed by atoms with Crippen LogP contribution in [-0.2, 0) is 16.1 Å². The van der Waals surface area contributed by atoms with Crippen molar-refractivity contribution in [3.05, 3.63) is 75.1 Å². The van der Waals surface area contributed by atoms with Crippen LogP contribution in [0.4, 0.5) is 11.5 Å². The summed E-state index contributed by atoms with van der Waals surface area (Å²) in [6, 6.07) is 17.4. The van der Waals surface area contributed by atoms with Crippen LogP contribution < -0.4 is 19.5 Å². The maximum absolute atomic E-state index is 6.53. The molecule has 10 heteroatoms. The Labute approximate surface area is 234 Å². The maximum atomic E-state index is 6.53. The smallest absolute Gasteiger partial charge is 0.163 e. The van der Waals surface area contributed by atoms with Crippen molar-refractivity contribution in [2.75, 3.05) is 46.0 Å². The van der Waals surface area contributed by atoms with Gasteiger partial charge in [-0.05, 0) is 64.6 Å². The second-order valence-corrected chi connectivity index (χ2v) is 9.56. The number of halogens is 2. The van der Waals surface area contributed by atoms with Gasteiger partial charge < -0.3 is 29.0 Å². The van der Waals surface area contributed by atoms with E-state index in [1.54, 1.807) is 20.3 Å². The molecule has 37 heavy (non-hydrogen) atoms. The first-order valence-corrected chi connectivity index (χ1v) is 13.0. The zero-order chi connectivity index (χ0) is 26.0. The number of ether oxygens (including phenoxy) is 5. The van der Waals surface area contributed by atoms with Crippen molar-refractivity contribution in [1.29, 1.82) is 0 Å². The number of fused-ring (bicyclic) bond motifs is 1. The largest absolute Gasteiger partial charge is 0.487 e. The highest BCUT2D eigenvalue weighted by Gasteiger charge is 2.14. The molecule has 0 saturated carbocycles. The molecular weight excluding hydrogens is 605 g/mol. The van der Waals surface area contributed by atoms with Crippen molar-refractivity contribution in [1.82, 2.24) is 9.97 Å². The molecule has 0 aliphatic rings. The molecule has 0 bridgehead atoms. The van der Waals surface area contributed by atoms with Gasteiger partial charge in [0.2, 0.25) is 0 Å². The van der Waals surface area contributed by atoms with E-state index in [0.29, 0.717) is 66.6 Å². The Morgan fingerprint density at radius 2 is 1.49 bits per heavy atom. The molecule has 0 atom stereocenters. The molecule has 0 unspecified atom stereocenters. The molecule has 0 amide bonds. The van der Waals surface area contributed by atoms with E-state index in [4.69, 9.17) is 35.3 Å². The zero-order valence-electron chi connectivity index (χ0n) is 20.5. The fourth-order valence-corrected chi connectivity index (χ4v) is 4.03. The molecule has 8 nitrogen and oxygen atoms in total. The second-order valence-electron chi connectivity index (χ2n) is 7.91. The minimum absolute atomic E-state index is 0.373. The summed E-state index contributed by atoms with van der Waals surface area (Å²) in [5.74, 6) is 2.34. The number of aromatic nitrogens is 2. The number of nitrogens with one attached hydrogen (secondary N) is 1. The lowest BCUT2D eigenvalue weighted by Crippen LogP contribution is -2.09. The first kappa shape index (κ1) is 27.2. The van der Waals surface area contributed by atoms with Gasteiger partial charge in [-0.2, -0.15) is 0 Å². The first-order valence-electron chi connectivity index (χ1n) is 11.5. The Hall–Kier alpha value is -2.86. The Morgan fingerprint density at radius 1 is 0.784 bits per heavy atom. The van der Waals surface area contributed by atoms with Gasteiger partial charge >= 0.3 is 0 Å². The van der Waals surface area contributed by atoms with E-state index in [1.165, 1.54) is 9.90 Å². The van der Waals surface area contributed by atoms with Gasteiger partial charge in [0.05, 0.1) is 23.8 Å². The van der Waals surface area contributed by atoms with E-state index >= 15 is 0 Å². The summed E-state index contributed by atoms with van der Waals surface area (Å²) in [6.45, 7) is 2.09. The van der Waals surface area contributed by atoms with Gasteiger partial charge in [0.1, 0.15) is 37.7 Å². The quantitative estimate of drug-likeness (QED) is 0.137. The van der Waals surface area contributed by atoms with E-state index < -0.39 is 0 Å².